The van der Waals surface area contributed by atoms with Gasteiger partial charge in [-0.1, -0.05) is 29.5 Å². The molecule has 1 aliphatic heterocycles. The number of hydrogen-bond acceptors (Lipinski definition) is 6. The Labute approximate surface area is 157 Å². The lowest BCUT2D eigenvalue weighted by molar-refractivity contribution is 0.110. The van der Waals surface area contributed by atoms with E-state index in [0.29, 0.717) is 18.7 Å². The lowest BCUT2D eigenvalue weighted by Crippen LogP contribution is -2.24. The van der Waals surface area contributed by atoms with Gasteiger partial charge in [0.1, 0.15) is 11.4 Å². The van der Waals surface area contributed by atoms with Crippen molar-refractivity contribution in [2.75, 3.05) is 25.2 Å². The summed E-state index contributed by atoms with van der Waals surface area (Å²) in [6.07, 6.45) is 1.58. The fourth-order valence-corrected chi connectivity index (χ4v) is 3.26. The minimum absolute atomic E-state index is 0.305. The van der Waals surface area contributed by atoms with Crippen LogP contribution < -0.4 is 9.64 Å². The predicted octanol–water partition coefficient (Wildman–Crippen LogP) is 2.74. The number of ether oxygens (including phenoxy) is 2. The molecule has 1 atom stereocenters. The third-order valence-electron chi connectivity index (χ3n) is 4.50. The van der Waals surface area contributed by atoms with Gasteiger partial charge in [-0.25, -0.2) is 4.68 Å². The van der Waals surface area contributed by atoms with Gasteiger partial charge in [0, 0.05) is 6.54 Å². The second-order valence-corrected chi connectivity index (χ2v) is 6.24. The number of hydrogen-bond donors (Lipinski definition) is 0. The predicted molar refractivity (Wildman–Crippen MR) is 99.3 cm³/mol. The van der Waals surface area contributed by atoms with Gasteiger partial charge in [-0.15, -0.1) is 5.10 Å². The topological polar surface area (TPSA) is 76.2 Å². The van der Waals surface area contributed by atoms with Crippen LogP contribution in [0.5, 0.6) is 5.75 Å². The number of rotatable bonds is 5. The molecule has 1 fully saturated rings. The van der Waals surface area contributed by atoms with Crippen molar-refractivity contribution in [1.29, 1.82) is 5.26 Å². The van der Waals surface area contributed by atoms with Crippen LogP contribution in [0.4, 0.5) is 5.69 Å². The molecule has 7 heteroatoms. The first kappa shape index (κ1) is 17.1. The number of para-hydroxylation sites is 2. The quantitative estimate of drug-likeness (QED) is 0.695. The Morgan fingerprint density at radius 3 is 3.00 bits per heavy atom. The Morgan fingerprint density at radius 2 is 2.15 bits per heavy atom. The van der Waals surface area contributed by atoms with Crippen LogP contribution in [0.25, 0.3) is 0 Å². The van der Waals surface area contributed by atoms with Gasteiger partial charge in [-0.2, -0.15) is 5.26 Å². The van der Waals surface area contributed by atoms with E-state index in [9.17, 15) is 0 Å². The largest absolute Gasteiger partial charge is 0.495 e. The number of methoxy groups -OCH3 is 1. The minimum atomic E-state index is -0.305. The SMILES string of the molecule is COc1ccccc1N1CCO[C@H]1c1cn(Cc2cccc(C#N)c2)nn1. The monoisotopic (exact) mass is 361 g/mol. The first-order valence-electron chi connectivity index (χ1n) is 8.69. The van der Waals surface area contributed by atoms with E-state index in [0.717, 1.165) is 29.2 Å². The van der Waals surface area contributed by atoms with E-state index < -0.39 is 0 Å². The van der Waals surface area contributed by atoms with Crippen LogP contribution in [-0.2, 0) is 11.3 Å². The van der Waals surface area contributed by atoms with Crippen LogP contribution >= 0.6 is 0 Å². The molecule has 4 rings (SSSR count). The summed E-state index contributed by atoms with van der Waals surface area (Å²) >= 11 is 0. The molecular formula is C20H19N5O2. The van der Waals surface area contributed by atoms with Crippen LogP contribution in [0.3, 0.4) is 0 Å². The van der Waals surface area contributed by atoms with Crippen molar-refractivity contribution in [3.63, 3.8) is 0 Å². The van der Waals surface area contributed by atoms with E-state index in [-0.39, 0.29) is 6.23 Å². The highest BCUT2D eigenvalue weighted by molar-refractivity contribution is 5.59. The molecule has 0 unspecified atom stereocenters. The molecule has 1 saturated heterocycles. The molecular weight excluding hydrogens is 342 g/mol. The molecule has 0 radical (unpaired) electrons. The van der Waals surface area contributed by atoms with Gasteiger partial charge >= 0.3 is 0 Å². The van der Waals surface area contributed by atoms with Crippen LogP contribution in [0, 0.1) is 11.3 Å². The standard InChI is InChI=1S/C20H19N5O2/c1-26-19-8-3-2-7-18(19)25-9-10-27-20(25)17-14-24(23-22-17)13-16-6-4-5-15(11-16)12-21/h2-8,11,14,20H,9-10,13H2,1H3/t20-/m0/s1. The van der Waals surface area contributed by atoms with E-state index in [4.69, 9.17) is 14.7 Å². The fourth-order valence-electron chi connectivity index (χ4n) is 3.26. The summed E-state index contributed by atoms with van der Waals surface area (Å²) in [6, 6.07) is 17.5. The van der Waals surface area contributed by atoms with Crippen molar-refractivity contribution in [2.45, 2.75) is 12.8 Å². The van der Waals surface area contributed by atoms with Gasteiger partial charge in [0.15, 0.2) is 6.23 Å². The smallest absolute Gasteiger partial charge is 0.177 e. The molecule has 1 aromatic heterocycles. The fraction of sp³-hybridized carbons (Fsp3) is 0.250. The molecule has 0 aliphatic carbocycles. The number of nitrogens with zero attached hydrogens (tertiary/aromatic N) is 5. The maximum absolute atomic E-state index is 9.04. The second kappa shape index (κ2) is 7.48. The number of nitriles is 1. The molecule has 7 nitrogen and oxygen atoms in total. The zero-order valence-corrected chi connectivity index (χ0v) is 14.9. The summed E-state index contributed by atoms with van der Waals surface area (Å²) in [4.78, 5) is 2.13. The lowest BCUT2D eigenvalue weighted by atomic mass is 10.1. The molecule has 27 heavy (non-hydrogen) atoms. The van der Waals surface area contributed by atoms with Crippen LogP contribution in [0.2, 0.25) is 0 Å². The molecule has 0 spiro atoms. The van der Waals surface area contributed by atoms with Gasteiger partial charge in [0.05, 0.1) is 43.8 Å². The summed E-state index contributed by atoms with van der Waals surface area (Å²) in [7, 11) is 1.66. The van der Waals surface area contributed by atoms with Gasteiger partial charge in [0.2, 0.25) is 0 Å². The molecule has 3 aromatic rings. The van der Waals surface area contributed by atoms with Crippen molar-refractivity contribution in [2.24, 2.45) is 0 Å². The molecule has 2 aromatic carbocycles. The first-order valence-corrected chi connectivity index (χ1v) is 8.69. The van der Waals surface area contributed by atoms with E-state index in [1.807, 2.05) is 48.7 Å². The number of anilines is 1. The molecule has 136 valence electrons. The van der Waals surface area contributed by atoms with Crippen LogP contribution in [0.15, 0.2) is 54.7 Å². The molecule has 1 aliphatic rings. The van der Waals surface area contributed by atoms with E-state index >= 15 is 0 Å². The Morgan fingerprint density at radius 1 is 1.26 bits per heavy atom. The Hall–Kier alpha value is -3.37. The summed E-state index contributed by atoms with van der Waals surface area (Å²) in [5.41, 5.74) is 3.35. The van der Waals surface area contributed by atoms with Crippen LogP contribution in [-0.4, -0.2) is 35.3 Å². The highest BCUT2D eigenvalue weighted by atomic mass is 16.5. The summed E-state index contributed by atoms with van der Waals surface area (Å²) in [5.74, 6) is 0.800. The molecule has 0 saturated carbocycles. The zero-order valence-electron chi connectivity index (χ0n) is 14.9. The lowest BCUT2D eigenvalue weighted by Gasteiger charge is -2.25. The van der Waals surface area contributed by atoms with Gasteiger partial charge in [0.25, 0.3) is 0 Å². The minimum Gasteiger partial charge on any atom is -0.495 e. The van der Waals surface area contributed by atoms with Crippen molar-refractivity contribution in [3.05, 3.63) is 71.5 Å². The van der Waals surface area contributed by atoms with Crippen molar-refractivity contribution >= 4 is 5.69 Å². The van der Waals surface area contributed by atoms with Crippen molar-refractivity contribution in [1.82, 2.24) is 15.0 Å². The Bertz CT molecular complexity index is 978. The average Bonchev–Trinajstić information content (AvgIpc) is 3.37. The van der Waals surface area contributed by atoms with Gasteiger partial charge < -0.3 is 14.4 Å². The maximum atomic E-state index is 9.04. The number of benzene rings is 2. The normalized spacial score (nSPS) is 16.3. The van der Waals surface area contributed by atoms with E-state index in [1.54, 1.807) is 17.9 Å². The molecule has 2 heterocycles. The summed E-state index contributed by atoms with van der Waals surface area (Å²) in [6.45, 7) is 1.91. The Balaban J connectivity index is 1.56. The van der Waals surface area contributed by atoms with E-state index in [2.05, 4.69) is 21.3 Å². The third-order valence-corrected chi connectivity index (χ3v) is 4.50. The van der Waals surface area contributed by atoms with Crippen molar-refractivity contribution < 1.29 is 9.47 Å². The first-order chi connectivity index (χ1) is 13.3. The highest BCUT2D eigenvalue weighted by Crippen LogP contribution is 2.36. The number of aromatic nitrogens is 3. The summed E-state index contributed by atoms with van der Waals surface area (Å²) < 4.78 is 13.2. The van der Waals surface area contributed by atoms with Gasteiger partial charge in [-0.05, 0) is 29.8 Å². The summed E-state index contributed by atoms with van der Waals surface area (Å²) in [5, 5.41) is 17.6. The van der Waals surface area contributed by atoms with E-state index in [1.165, 1.54) is 0 Å². The Kier molecular flexibility index (Phi) is 4.73. The van der Waals surface area contributed by atoms with Gasteiger partial charge in [-0.3, -0.25) is 0 Å². The molecule has 0 bridgehead atoms. The average molecular weight is 361 g/mol. The van der Waals surface area contributed by atoms with Crippen molar-refractivity contribution in [3.8, 4) is 11.8 Å². The molecule has 0 N–H and O–H groups in total. The molecule has 0 amide bonds. The highest BCUT2D eigenvalue weighted by Gasteiger charge is 2.31. The zero-order chi connectivity index (χ0) is 18.6. The second-order valence-electron chi connectivity index (χ2n) is 6.24. The van der Waals surface area contributed by atoms with Crippen LogP contribution in [0.1, 0.15) is 23.0 Å². The third kappa shape index (κ3) is 3.48. The maximum Gasteiger partial charge on any atom is 0.177 e.